The Balaban J connectivity index is 1.75. The molecule has 3 heterocycles. The van der Waals surface area contributed by atoms with E-state index in [4.69, 9.17) is 4.74 Å². The molecule has 2 aliphatic heterocycles. The second-order valence-corrected chi connectivity index (χ2v) is 6.78. The molecule has 3 rings (SSSR count). The second kappa shape index (κ2) is 7.49. The Kier molecular flexibility index (Phi) is 5.38. The SMILES string of the molecule is CNC(=O)c1ccc([C@@H]2CCCCN2C[C@@H]2CCCCO2)n1C. The summed E-state index contributed by atoms with van der Waals surface area (Å²) in [4.78, 5) is 14.5. The number of piperidine rings is 1. The van der Waals surface area contributed by atoms with Crippen LogP contribution in [0.15, 0.2) is 12.1 Å². The standard InChI is InChI=1S/C18H29N3O2/c1-19-18(22)17-10-9-15(20(17)2)16-8-3-5-11-21(16)13-14-7-4-6-12-23-14/h9-10,14,16H,3-8,11-13H2,1-2H3,(H,19,22)/t14-,16-/m0/s1. The fourth-order valence-electron chi connectivity index (χ4n) is 3.98. The van der Waals surface area contributed by atoms with Crippen molar-refractivity contribution in [2.75, 3.05) is 26.7 Å². The smallest absolute Gasteiger partial charge is 0.267 e. The van der Waals surface area contributed by atoms with E-state index in [2.05, 4.69) is 20.9 Å². The first-order valence-corrected chi connectivity index (χ1v) is 8.94. The van der Waals surface area contributed by atoms with Gasteiger partial charge in [0.15, 0.2) is 0 Å². The van der Waals surface area contributed by atoms with Gasteiger partial charge in [-0.1, -0.05) is 6.42 Å². The number of rotatable bonds is 4. The first kappa shape index (κ1) is 16.5. The van der Waals surface area contributed by atoms with Gasteiger partial charge < -0.3 is 14.6 Å². The average molecular weight is 319 g/mol. The third-order valence-corrected chi connectivity index (χ3v) is 5.29. The molecular weight excluding hydrogens is 290 g/mol. The summed E-state index contributed by atoms with van der Waals surface area (Å²) in [5.41, 5.74) is 1.99. The van der Waals surface area contributed by atoms with Gasteiger partial charge in [0.2, 0.25) is 0 Å². The Morgan fingerprint density at radius 2 is 2.09 bits per heavy atom. The van der Waals surface area contributed by atoms with Crippen LogP contribution in [0.4, 0.5) is 0 Å². The zero-order valence-corrected chi connectivity index (χ0v) is 14.4. The Bertz CT molecular complexity index is 534. The number of hydrogen-bond acceptors (Lipinski definition) is 3. The van der Waals surface area contributed by atoms with Crippen molar-refractivity contribution in [3.8, 4) is 0 Å². The van der Waals surface area contributed by atoms with Crippen LogP contribution in [0.2, 0.25) is 0 Å². The molecule has 0 bridgehead atoms. The maximum absolute atomic E-state index is 12.0. The highest BCUT2D eigenvalue weighted by Crippen LogP contribution is 2.32. The van der Waals surface area contributed by atoms with Gasteiger partial charge in [-0.2, -0.15) is 0 Å². The summed E-state index contributed by atoms with van der Waals surface area (Å²) in [6.07, 6.45) is 7.73. The van der Waals surface area contributed by atoms with E-state index in [0.717, 1.165) is 31.8 Å². The number of aromatic nitrogens is 1. The third-order valence-electron chi connectivity index (χ3n) is 5.29. The van der Waals surface area contributed by atoms with Gasteiger partial charge in [0.25, 0.3) is 5.91 Å². The molecule has 23 heavy (non-hydrogen) atoms. The van der Waals surface area contributed by atoms with E-state index in [1.54, 1.807) is 7.05 Å². The van der Waals surface area contributed by atoms with Gasteiger partial charge in [-0.15, -0.1) is 0 Å². The van der Waals surface area contributed by atoms with Crippen LogP contribution in [0.25, 0.3) is 0 Å². The largest absolute Gasteiger partial charge is 0.377 e. The van der Waals surface area contributed by atoms with Crippen LogP contribution in [0, 0.1) is 0 Å². The van der Waals surface area contributed by atoms with Crippen LogP contribution in [-0.2, 0) is 11.8 Å². The summed E-state index contributed by atoms with van der Waals surface area (Å²) in [6, 6.07) is 4.46. The highest BCUT2D eigenvalue weighted by Gasteiger charge is 2.29. The van der Waals surface area contributed by atoms with Crippen molar-refractivity contribution in [1.29, 1.82) is 0 Å². The van der Waals surface area contributed by atoms with E-state index >= 15 is 0 Å². The predicted molar refractivity (Wildman–Crippen MR) is 90.6 cm³/mol. The minimum Gasteiger partial charge on any atom is -0.377 e. The lowest BCUT2D eigenvalue weighted by atomic mass is 9.98. The molecule has 128 valence electrons. The van der Waals surface area contributed by atoms with Crippen molar-refractivity contribution in [3.63, 3.8) is 0 Å². The number of hydrogen-bond donors (Lipinski definition) is 1. The summed E-state index contributed by atoms with van der Waals surface area (Å²) in [5, 5.41) is 2.72. The number of nitrogens with zero attached hydrogens (tertiary/aromatic N) is 2. The van der Waals surface area contributed by atoms with Gasteiger partial charge in [0.05, 0.1) is 12.1 Å². The molecule has 1 amide bonds. The number of likely N-dealkylation sites (tertiary alicyclic amines) is 1. The van der Waals surface area contributed by atoms with Crippen LogP contribution < -0.4 is 5.32 Å². The summed E-state index contributed by atoms with van der Waals surface area (Å²) in [6.45, 7) is 3.06. The molecule has 0 aliphatic carbocycles. The second-order valence-electron chi connectivity index (χ2n) is 6.78. The van der Waals surface area contributed by atoms with E-state index in [9.17, 15) is 4.79 Å². The van der Waals surface area contributed by atoms with Crippen molar-refractivity contribution in [1.82, 2.24) is 14.8 Å². The van der Waals surface area contributed by atoms with Gasteiger partial charge in [0, 0.05) is 32.9 Å². The average Bonchev–Trinajstić information content (AvgIpc) is 2.97. The number of nitrogens with one attached hydrogen (secondary N) is 1. The normalized spacial score (nSPS) is 26.2. The Morgan fingerprint density at radius 1 is 1.26 bits per heavy atom. The van der Waals surface area contributed by atoms with Crippen molar-refractivity contribution in [3.05, 3.63) is 23.5 Å². The van der Waals surface area contributed by atoms with Gasteiger partial charge in [0.1, 0.15) is 5.69 Å². The highest BCUT2D eigenvalue weighted by molar-refractivity contribution is 5.92. The fourth-order valence-corrected chi connectivity index (χ4v) is 3.98. The van der Waals surface area contributed by atoms with E-state index in [1.165, 1.54) is 37.8 Å². The van der Waals surface area contributed by atoms with E-state index < -0.39 is 0 Å². The number of ether oxygens (including phenoxy) is 1. The Morgan fingerprint density at radius 3 is 2.83 bits per heavy atom. The molecule has 1 N–H and O–H groups in total. The lowest BCUT2D eigenvalue weighted by molar-refractivity contribution is -0.0204. The molecule has 0 spiro atoms. The van der Waals surface area contributed by atoms with Crippen molar-refractivity contribution in [2.45, 2.75) is 50.7 Å². The molecule has 2 fully saturated rings. The first-order chi connectivity index (χ1) is 11.2. The maximum atomic E-state index is 12.0. The first-order valence-electron chi connectivity index (χ1n) is 8.94. The summed E-state index contributed by atoms with van der Waals surface area (Å²) >= 11 is 0. The molecular formula is C18H29N3O2. The summed E-state index contributed by atoms with van der Waals surface area (Å²) in [7, 11) is 3.69. The molecule has 5 nitrogen and oxygen atoms in total. The van der Waals surface area contributed by atoms with Gasteiger partial charge in [-0.3, -0.25) is 9.69 Å². The number of carbonyl (C=O) groups excluding carboxylic acids is 1. The molecule has 0 unspecified atom stereocenters. The monoisotopic (exact) mass is 319 g/mol. The van der Waals surface area contributed by atoms with E-state index in [1.807, 2.05) is 13.1 Å². The van der Waals surface area contributed by atoms with Crippen molar-refractivity contribution in [2.24, 2.45) is 7.05 Å². The minimum atomic E-state index is -0.0169. The molecule has 0 radical (unpaired) electrons. The van der Waals surface area contributed by atoms with Crippen LogP contribution in [-0.4, -0.2) is 48.2 Å². The molecule has 1 aromatic heterocycles. The van der Waals surface area contributed by atoms with E-state index in [0.29, 0.717) is 12.1 Å². The van der Waals surface area contributed by atoms with E-state index in [-0.39, 0.29) is 5.91 Å². The van der Waals surface area contributed by atoms with Gasteiger partial charge >= 0.3 is 0 Å². The zero-order chi connectivity index (χ0) is 16.2. The quantitative estimate of drug-likeness (QED) is 0.927. The molecule has 0 aromatic carbocycles. The van der Waals surface area contributed by atoms with Crippen LogP contribution in [0.3, 0.4) is 0 Å². The zero-order valence-electron chi connectivity index (χ0n) is 14.4. The lowest BCUT2D eigenvalue weighted by Gasteiger charge is -2.39. The summed E-state index contributed by atoms with van der Waals surface area (Å²) < 4.78 is 8.00. The van der Waals surface area contributed by atoms with Crippen molar-refractivity contribution >= 4 is 5.91 Å². The summed E-state index contributed by atoms with van der Waals surface area (Å²) in [5.74, 6) is -0.0169. The predicted octanol–water partition coefficient (Wildman–Crippen LogP) is 2.48. The molecule has 0 saturated carbocycles. The number of amides is 1. The van der Waals surface area contributed by atoms with Gasteiger partial charge in [-0.25, -0.2) is 0 Å². The maximum Gasteiger partial charge on any atom is 0.267 e. The molecule has 2 aliphatic rings. The molecule has 2 atom stereocenters. The topological polar surface area (TPSA) is 46.5 Å². The van der Waals surface area contributed by atoms with Crippen LogP contribution >= 0.6 is 0 Å². The Hall–Kier alpha value is -1.33. The minimum absolute atomic E-state index is 0.0169. The lowest BCUT2D eigenvalue weighted by Crippen LogP contribution is -2.41. The van der Waals surface area contributed by atoms with Crippen LogP contribution in [0.5, 0.6) is 0 Å². The highest BCUT2D eigenvalue weighted by atomic mass is 16.5. The fraction of sp³-hybridized carbons (Fsp3) is 0.722. The molecule has 1 aromatic rings. The Labute approximate surface area is 139 Å². The van der Waals surface area contributed by atoms with Crippen molar-refractivity contribution < 1.29 is 9.53 Å². The van der Waals surface area contributed by atoms with Crippen LogP contribution in [0.1, 0.15) is 60.7 Å². The molecule has 5 heteroatoms. The number of carbonyl (C=O) groups is 1. The van der Waals surface area contributed by atoms with Gasteiger partial charge in [-0.05, 0) is 50.8 Å². The third kappa shape index (κ3) is 3.61. The molecule has 2 saturated heterocycles.